The summed E-state index contributed by atoms with van der Waals surface area (Å²) < 4.78 is 33.0. The SMILES string of the molecule is COc1cc(F)c(CNCc2ccccc2CN2CCCC2CO)c(F)c1. The molecule has 1 saturated heterocycles. The number of ether oxygens (including phenoxy) is 1. The summed E-state index contributed by atoms with van der Waals surface area (Å²) in [5, 5.41) is 12.6. The summed E-state index contributed by atoms with van der Waals surface area (Å²) in [6, 6.07) is 10.6. The zero-order chi connectivity index (χ0) is 19.2. The number of hydrogen-bond acceptors (Lipinski definition) is 4. The van der Waals surface area contributed by atoms with E-state index in [4.69, 9.17) is 4.74 Å². The third-order valence-corrected chi connectivity index (χ3v) is 5.17. The van der Waals surface area contributed by atoms with Crippen LogP contribution in [0.1, 0.15) is 29.5 Å². The maximum atomic E-state index is 14.1. The fourth-order valence-electron chi connectivity index (χ4n) is 3.60. The predicted octanol–water partition coefficient (Wildman–Crippen LogP) is 3.22. The van der Waals surface area contributed by atoms with Gasteiger partial charge in [-0.15, -0.1) is 0 Å². The van der Waals surface area contributed by atoms with Crippen molar-refractivity contribution in [2.24, 2.45) is 0 Å². The van der Waals surface area contributed by atoms with Crippen LogP contribution in [0, 0.1) is 11.6 Å². The molecule has 3 rings (SSSR count). The second kappa shape index (κ2) is 9.26. The molecular formula is C21H26F2N2O2. The molecule has 0 amide bonds. The lowest BCUT2D eigenvalue weighted by Gasteiger charge is -2.24. The number of hydrogen-bond donors (Lipinski definition) is 2. The molecule has 1 heterocycles. The molecule has 146 valence electrons. The lowest BCUT2D eigenvalue weighted by atomic mass is 10.1. The van der Waals surface area contributed by atoms with E-state index in [1.807, 2.05) is 18.2 Å². The van der Waals surface area contributed by atoms with E-state index in [2.05, 4.69) is 16.3 Å². The number of methoxy groups -OCH3 is 1. The van der Waals surface area contributed by atoms with E-state index >= 15 is 0 Å². The molecule has 1 unspecified atom stereocenters. The lowest BCUT2D eigenvalue weighted by molar-refractivity contribution is 0.153. The Hall–Kier alpha value is -2.02. The average molecular weight is 376 g/mol. The summed E-state index contributed by atoms with van der Waals surface area (Å²) in [6.45, 7) is 2.54. The van der Waals surface area contributed by atoms with Crippen molar-refractivity contribution in [3.8, 4) is 5.75 Å². The number of benzene rings is 2. The molecule has 0 bridgehead atoms. The number of aliphatic hydroxyl groups is 1. The van der Waals surface area contributed by atoms with Crippen LogP contribution in [0.15, 0.2) is 36.4 Å². The van der Waals surface area contributed by atoms with Gasteiger partial charge in [-0.3, -0.25) is 4.90 Å². The van der Waals surface area contributed by atoms with E-state index in [0.29, 0.717) is 6.54 Å². The molecule has 0 radical (unpaired) electrons. The van der Waals surface area contributed by atoms with Gasteiger partial charge in [-0.25, -0.2) is 8.78 Å². The topological polar surface area (TPSA) is 44.7 Å². The molecule has 4 nitrogen and oxygen atoms in total. The van der Waals surface area contributed by atoms with E-state index in [1.165, 1.54) is 24.8 Å². The molecule has 1 fully saturated rings. The van der Waals surface area contributed by atoms with Crippen LogP contribution in [-0.2, 0) is 19.6 Å². The lowest BCUT2D eigenvalue weighted by Crippen LogP contribution is -2.32. The molecule has 0 aliphatic carbocycles. The zero-order valence-corrected chi connectivity index (χ0v) is 15.5. The van der Waals surface area contributed by atoms with Gasteiger partial charge in [0, 0.05) is 43.4 Å². The number of rotatable bonds is 8. The molecule has 27 heavy (non-hydrogen) atoms. The molecule has 6 heteroatoms. The minimum Gasteiger partial charge on any atom is -0.497 e. The van der Waals surface area contributed by atoms with Gasteiger partial charge in [0.1, 0.15) is 17.4 Å². The van der Waals surface area contributed by atoms with Gasteiger partial charge in [-0.05, 0) is 30.5 Å². The van der Waals surface area contributed by atoms with Gasteiger partial charge in [0.05, 0.1) is 13.7 Å². The standard InChI is InChI=1S/C21H26F2N2O2/c1-27-18-9-20(22)19(21(23)10-18)12-24-11-15-5-2-3-6-16(15)13-25-8-4-7-17(25)14-26/h2-3,5-6,9-10,17,24,26H,4,7-8,11-14H2,1H3. The minimum absolute atomic E-state index is 0.00756. The van der Waals surface area contributed by atoms with Crippen LogP contribution in [0.4, 0.5) is 8.78 Å². The predicted molar refractivity (Wildman–Crippen MR) is 100 cm³/mol. The number of halogens is 2. The fraction of sp³-hybridized carbons (Fsp3) is 0.429. The Morgan fingerprint density at radius 2 is 1.85 bits per heavy atom. The number of likely N-dealkylation sites (tertiary alicyclic amines) is 1. The molecule has 1 aliphatic heterocycles. The smallest absolute Gasteiger partial charge is 0.134 e. The minimum atomic E-state index is -0.615. The molecule has 0 spiro atoms. The van der Waals surface area contributed by atoms with Gasteiger partial charge in [0.2, 0.25) is 0 Å². The Kier molecular flexibility index (Phi) is 6.77. The highest BCUT2D eigenvalue weighted by molar-refractivity contribution is 5.31. The van der Waals surface area contributed by atoms with Crippen molar-refractivity contribution in [1.82, 2.24) is 10.2 Å². The largest absolute Gasteiger partial charge is 0.497 e. The summed E-state index contributed by atoms with van der Waals surface area (Å²) in [7, 11) is 1.38. The van der Waals surface area contributed by atoms with Gasteiger partial charge in [0.25, 0.3) is 0 Å². The van der Waals surface area contributed by atoms with E-state index < -0.39 is 11.6 Å². The monoisotopic (exact) mass is 376 g/mol. The van der Waals surface area contributed by atoms with Crippen molar-refractivity contribution in [1.29, 1.82) is 0 Å². The Labute approximate surface area is 158 Å². The van der Waals surface area contributed by atoms with Crippen LogP contribution in [0.2, 0.25) is 0 Å². The number of aliphatic hydroxyl groups excluding tert-OH is 1. The summed E-state index contributed by atoms with van der Waals surface area (Å²) in [5.41, 5.74) is 2.27. The number of nitrogens with one attached hydrogen (secondary N) is 1. The summed E-state index contributed by atoms with van der Waals surface area (Å²) in [5.74, 6) is -1.06. The zero-order valence-electron chi connectivity index (χ0n) is 15.5. The van der Waals surface area contributed by atoms with Crippen LogP contribution >= 0.6 is 0 Å². The third-order valence-electron chi connectivity index (χ3n) is 5.17. The highest BCUT2D eigenvalue weighted by Gasteiger charge is 2.24. The summed E-state index contributed by atoms with van der Waals surface area (Å²) in [6.07, 6.45) is 2.12. The van der Waals surface area contributed by atoms with E-state index in [-0.39, 0.29) is 30.5 Å². The highest BCUT2D eigenvalue weighted by Crippen LogP contribution is 2.22. The molecule has 1 atom stereocenters. The number of nitrogens with zero attached hydrogens (tertiary/aromatic N) is 1. The maximum Gasteiger partial charge on any atom is 0.134 e. The second-order valence-corrected chi connectivity index (χ2v) is 6.89. The fourth-order valence-corrected chi connectivity index (χ4v) is 3.60. The van der Waals surface area contributed by atoms with Gasteiger partial charge in [-0.2, -0.15) is 0 Å². The average Bonchev–Trinajstić information content (AvgIpc) is 3.12. The first-order valence-electron chi connectivity index (χ1n) is 9.26. The molecule has 2 aromatic rings. The third kappa shape index (κ3) is 4.83. The molecular weight excluding hydrogens is 350 g/mol. The Balaban J connectivity index is 1.64. The molecule has 2 aromatic carbocycles. The van der Waals surface area contributed by atoms with Gasteiger partial charge >= 0.3 is 0 Å². The van der Waals surface area contributed by atoms with Gasteiger partial charge < -0.3 is 15.2 Å². The Morgan fingerprint density at radius 1 is 1.15 bits per heavy atom. The first kappa shape index (κ1) is 19.7. The maximum absolute atomic E-state index is 14.1. The Morgan fingerprint density at radius 3 is 2.52 bits per heavy atom. The first-order chi connectivity index (χ1) is 13.1. The van der Waals surface area contributed by atoms with Crippen molar-refractivity contribution in [3.63, 3.8) is 0 Å². The Bertz CT molecular complexity index is 747. The van der Waals surface area contributed by atoms with Crippen molar-refractivity contribution < 1.29 is 18.6 Å². The van der Waals surface area contributed by atoms with Crippen LogP contribution in [0.25, 0.3) is 0 Å². The normalized spacial score (nSPS) is 17.4. The van der Waals surface area contributed by atoms with Crippen LogP contribution in [-0.4, -0.2) is 36.3 Å². The summed E-state index contributed by atoms with van der Waals surface area (Å²) in [4.78, 5) is 2.29. The quantitative estimate of drug-likeness (QED) is 0.743. The van der Waals surface area contributed by atoms with Crippen molar-refractivity contribution >= 4 is 0 Å². The van der Waals surface area contributed by atoms with E-state index in [9.17, 15) is 13.9 Å². The molecule has 0 saturated carbocycles. The molecule has 2 N–H and O–H groups in total. The van der Waals surface area contributed by atoms with Crippen molar-refractivity contribution in [2.75, 3.05) is 20.3 Å². The van der Waals surface area contributed by atoms with E-state index in [0.717, 1.165) is 31.5 Å². The van der Waals surface area contributed by atoms with Gasteiger partial charge in [0.15, 0.2) is 0 Å². The van der Waals surface area contributed by atoms with Crippen molar-refractivity contribution in [3.05, 3.63) is 64.7 Å². The first-order valence-corrected chi connectivity index (χ1v) is 9.26. The van der Waals surface area contributed by atoms with Crippen LogP contribution in [0.5, 0.6) is 5.75 Å². The second-order valence-electron chi connectivity index (χ2n) is 6.89. The summed E-state index contributed by atoms with van der Waals surface area (Å²) >= 11 is 0. The van der Waals surface area contributed by atoms with Gasteiger partial charge in [-0.1, -0.05) is 24.3 Å². The molecule has 1 aliphatic rings. The molecule has 0 aromatic heterocycles. The van der Waals surface area contributed by atoms with Crippen LogP contribution < -0.4 is 10.1 Å². The van der Waals surface area contributed by atoms with E-state index in [1.54, 1.807) is 0 Å². The van der Waals surface area contributed by atoms with Crippen LogP contribution in [0.3, 0.4) is 0 Å². The van der Waals surface area contributed by atoms with Crippen molar-refractivity contribution in [2.45, 2.75) is 38.5 Å². The highest BCUT2D eigenvalue weighted by atomic mass is 19.1.